The maximum absolute atomic E-state index is 6.39. The van der Waals surface area contributed by atoms with Crippen molar-refractivity contribution in [1.82, 2.24) is 9.78 Å². The van der Waals surface area contributed by atoms with Gasteiger partial charge in [0.2, 0.25) is 0 Å². The second-order valence-corrected chi connectivity index (χ2v) is 4.59. The SMILES string of the molecule is CCCC(CCC)C(N)c1c(OC)cnn1C. The third-order valence-corrected chi connectivity index (χ3v) is 3.31. The smallest absolute Gasteiger partial charge is 0.161 e. The van der Waals surface area contributed by atoms with Crippen LogP contribution in [0.2, 0.25) is 0 Å². The molecule has 0 spiro atoms. The van der Waals surface area contributed by atoms with E-state index in [9.17, 15) is 0 Å². The van der Waals surface area contributed by atoms with Crippen LogP contribution >= 0.6 is 0 Å². The van der Waals surface area contributed by atoms with Crippen LogP contribution in [0.5, 0.6) is 5.75 Å². The van der Waals surface area contributed by atoms with Crippen LogP contribution in [0.3, 0.4) is 0 Å². The highest BCUT2D eigenvalue weighted by Gasteiger charge is 2.24. The lowest BCUT2D eigenvalue weighted by Crippen LogP contribution is -2.24. The van der Waals surface area contributed by atoms with E-state index in [0.717, 1.165) is 24.3 Å². The van der Waals surface area contributed by atoms with Crippen molar-refractivity contribution in [3.63, 3.8) is 0 Å². The lowest BCUT2D eigenvalue weighted by atomic mass is 9.89. The molecule has 4 heteroatoms. The minimum absolute atomic E-state index is 0.0114. The number of nitrogens with zero attached hydrogens (tertiary/aromatic N) is 2. The zero-order valence-electron chi connectivity index (χ0n) is 11.4. The molecule has 1 rings (SSSR count). The highest BCUT2D eigenvalue weighted by atomic mass is 16.5. The number of ether oxygens (including phenoxy) is 1. The van der Waals surface area contributed by atoms with Crippen molar-refractivity contribution in [2.45, 2.75) is 45.6 Å². The Labute approximate surface area is 104 Å². The maximum Gasteiger partial charge on any atom is 0.161 e. The van der Waals surface area contributed by atoms with Crippen molar-refractivity contribution < 1.29 is 4.74 Å². The molecule has 1 aromatic heterocycles. The van der Waals surface area contributed by atoms with Gasteiger partial charge in [-0.05, 0) is 18.8 Å². The van der Waals surface area contributed by atoms with E-state index in [2.05, 4.69) is 18.9 Å². The molecular weight excluding hydrogens is 214 g/mol. The summed E-state index contributed by atoms with van der Waals surface area (Å²) >= 11 is 0. The van der Waals surface area contributed by atoms with Crippen LogP contribution in [-0.4, -0.2) is 16.9 Å². The molecule has 0 aliphatic heterocycles. The van der Waals surface area contributed by atoms with Crippen molar-refractivity contribution in [2.75, 3.05) is 7.11 Å². The van der Waals surface area contributed by atoms with Gasteiger partial charge in [-0.2, -0.15) is 5.10 Å². The molecule has 0 aliphatic carbocycles. The summed E-state index contributed by atoms with van der Waals surface area (Å²) < 4.78 is 7.17. The van der Waals surface area contributed by atoms with E-state index in [1.807, 2.05) is 11.7 Å². The highest BCUT2D eigenvalue weighted by Crippen LogP contribution is 2.32. The van der Waals surface area contributed by atoms with Gasteiger partial charge in [0.25, 0.3) is 0 Å². The van der Waals surface area contributed by atoms with Crippen LogP contribution in [0.1, 0.15) is 51.3 Å². The molecule has 0 bridgehead atoms. The summed E-state index contributed by atoms with van der Waals surface area (Å²) in [4.78, 5) is 0. The van der Waals surface area contributed by atoms with E-state index in [1.165, 1.54) is 12.8 Å². The second kappa shape index (κ2) is 6.64. The van der Waals surface area contributed by atoms with Crippen LogP contribution in [0.15, 0.2) is 6.20 Å². The lowest BCUT2D eigenvalue weighted by molar-refractivity contribution is 0.338. The molecule has 0 aromatic carbocycles. The third kappa shape index (κ3) is 3.22. The number of methoxy groups -OCH3 is 1. The normalized spacial score (nSPS) is 13.1. The zero-order valence-corrected chi connectivity index (χ0v) is 11.4. The average Bonchev–Trinajstić information content (AvgIpc) is 2.69. The van der Waals surface area contributed by atoms with Crippen molar-refractivity contribution in [1.29, 1.82) is 0 Å². The van der Waals surface area contributed by atoms with E-state index in [1.54, 1.807) is 13.3 Å². The van der Waals surface area contributed by atoms with Gasteiger partial charge in [0.15, 0.2) is 5.75 Å². The molecule has 98 valence electrons. The standard InChI is InChI=1S/C13H25N3O/c1-5-7-10(8-6-2)12(14)13-11(17-4)9-15-16(13)3/h9-10,12H,5-8,14H2,1-4H3. The minimum atomic E-state index is 0.0114. The first-order chi connectivity index (χ1) is 8.15. The topological polar surface area (TPSA) is 53.1 Å². The van der Waals surface area contributed by atoms with Gasteiger partial charge in [-0.3, -0.25) is 4.68 Å². The lowest BCUT2D eigenvalue weighted by Gasteiger charge is -2.24. The van der Waals surface area contributed by atoms with Crippen molar-refractivity contribution in [2.24, 2.45) is 18.7 Å². The number of hydrogen-bond donors (Lipinski definition) is 1. The van der Waals surface area contributed by atoms with E-state index < -0.39 is 0 Å². The molecule has 4 nitrogen and oxygen atoms in total. The Morgan fingerprint density at radius 3 is 2.41 bits per heavy atom. The fourth-order valence-corrected chi connectivity index (χ4v) is 2.43. The Balaban J connectivity index is 2.90. The number of aryl methyl sites for hydroxylation is 1. The largest absolute Gasteiger partial charge is 0.493 e. The zero-order chi connectivity index (χ0) is 12.8. The average molecular weight is 239 g/mol. The summed E-state index contributed by atoms with van der Waals surface area (Å²) in [6, 6.07) is 0.0114. The summed E-state index contributed by atoms with van der Waals surface area (Å²) in [7, 11) is 3.59. The molecule has 0 aliphatic rings. The fraction of sp³-hybridized carbons (Fsp3) is 0.769. The Morgan fingerprint density at radius 2 is 1.94 bits per heavy atom. The number of aromatic nitrogens is 2. The Bertz CT molecular complexity index is 329. The molecule has 2 N–H and O–H groups in total. The van der Waals surface area contributed by atoms with Gasteiger partial charge in [-0.25, -0.2) is 0 Å². The molecular formula is C13H25N3O. The minimum Gasteiger partial charge on any atom is -0.493 e. The summed E-state index contributed by atoms with van der Waals surface area (Å²) in [6.45, 7) is 4.41. The third-order valence-electron chi connectivity index (χ3n) is 3.31. The first-order valence-electron chi connectivity index (χ1n) is 6.47. The van der Waals surface area contributed by atoms with Crippen molar-refractivity contribution >= 4 is 0 Å². The predicted octanol–water partition coefficient (Wildman–Crippen LogP) is 2.64. The van der Waals surface area contributed by atoms with Gasteiger partial charge in [0, 0.05) is 7.05 Å². The highest BCUT2D eigenvalue weighted by molar-refractivity contribution is 5.28. The quantitative estimate of drug-likeness (QED) is 0.796. The van der Waals surface area contributed by atoms with Crippen molar-refractivity contribution in [3.8, 4) is 5.75 Å². The van der Waals surface area contributed by atoms with Gasteiger partial charge in [-0.1, -0.05) is 26.7 Å². The number of nitrogens with two attached hydrogens (primary N) is 1. The van der Waals surface area contributed by atoms with E-state index in [4.69, 9.17) is 10.5 Å². The van der Waals surface area contributed by atoms with Gasteiger partial charge in [0.05, 0.1) is 25.0 Å². The maximum atomic E-state index is 6.39. The number of rotatable bonds is 7. The molecule has 1 aromatic rings. The van der Waals surface area contributed by atoms with Crippen LogP contribution in [0, 0.1) is 5.92 Å². The number of hydrogen-bond acceptors (Lipinski definition) is 3. The van der Waals surface area contributed by atoms with Crippen molar-refractivity contribution in [3.05, 3.63) is 11.9 Å². The van der Waals surface area contributed by atoms with Gasteiger partial charge >= 0.3 is 0 Å². The summed E-state index contributed by atoms with van der Waals surface area (Å²) in [5.74, 6) is 1.31. The fourth-order valence-electron chi connectivity index (χ4n) is 2.43. The second-order valence-electron chi connectivity index (χ2n) is 4.59. The molecule has 1 heterocycles. The molecule has 0 saturated heterocycles. The Morgan fingerprint density at radius 1 is 1.35 bits per heavy atom. The van der Waals surface area contributed by atoms with Crippen LogP contribution in [-0.2, 0) is 7.05 Å². The van der Waals surface area contributed by atoms with Crippen LogP contribution < -0.4 is 10.5 Å². The summed E-state index contributed by atoms with van der Waals surface area (Å²) in [5.41, 5.74) is 7.41. The van der Waals surface area contributed by atoms with E-state index in [-0.39, 0.29) is 6.04 Å². The molecule has 0 radical (unpaired) electrons. The predicted molar refractivity (Wildman–Crippen MR) is 70.0 cm³/mol. The Kier molecular flexibility index (Phi) is 5.48. The molecule has 1 unspecified atom stereocenters. The van der Waals surface area contributed by atoms with E-state index >= 15 is 0 Å². The van der Waals surface area contributed by atoms with Crippen LogP contribution in [0.25, 0.3) is 0 Å². The summed E-state index contributed by atoms with van der Waals surface area (Å²) in [6.07, 6.45) is 6.38. The molecule has 17 heavy (non-hydrogen) atoms. The molecule has 0 saturated carbocycles. The first kappa shape index (κ1) is 14.0. The molecule has 0 amide bonds. The van der Waals surface area contributed by atoms with E-state index in [0.29, 0.717) is 5.92 Å². The van der Waals surface area contributed by atoms with Gasteiger partial charge in [-0.15, -0.1) is 0 Å². The molecule has 0 fully saturated rings. The van der Waals surface area contributed by atoms with Gasteiger partial charge < -0.3 is 10.5 Å². The summed E-state index contributed by atoms with van der Waals surface area (Å²) in [5, 5.41) is 4.22. The molecule has 1 atom stereocenters. The first-order valence-corrected chi connectivity index (χ1v) is 6.47. The van der Waals surface area contributed by atoms with Gasteiger partial charge in [0.1, 0.15) is 0 Å². The monoisotopic (exact) mass is 239 g/mol. The van der Waals surface area contributed by atoms with Crippen LogP contribution in [0.4, 0.5) is 0 Å². The Hall–Kier alpha value is -1.03.